The maximum absolute atomic E-state index is 11.8. The number of hydrogen-bond donors (Lipinski definition) is 6. The first-order chi connectivity index (χ1) is 20.0. The van der Waals surface area contributed by atoms with Crippen LogP contribution in [0.15, 0.2) is 109 Å². The molecule has 0 bridgehead atoms. The topological polar surface area (TPSA) is 186 Å². The van der Waals surface area contributed by atoms with Gasteiger partial charge in [0, 0.05) is 6.04 Å². The van der Waals surface area contributed by atoms with Gasteiger partial charge in [-0.3, -0.25) is 0 Å². The van der Waals surface area contributed by atoms with Crippen LogP contribution in [0.5, 0.6) is 11.5 Å². The van der Waals surface area contributed by atoms with Gasteiger partial charge < -0.3 is 41.4 Å². The summed E-state index contributed by atoms with van der Waals surface area (Å²) >= 11 is 0. The number of benzene rings is 4. The number of phenols is 2. The van der Waals surface area contributed by atoms with E-state index >= 15 is 0 Å². The second kappa shape index (κ2) is 14.8. The van der Waals surface area contributed by atoms with Crippen molar-refractivity contribution in [3.8, 4) is 11.5 Å². The Balaban J connectivity index is 0.000000247. The number of esters is 1. The Morgan fingerprint density at radius 1 is 0.786 bits per heavy atom. The maximum atomic E-state index is 11.8. The van der Waals surface area contributed by atoms with Gasteiger partial charge in [0.25, 0.3) is 0 Å². The van der Waals surface area contributed by atoms with Crippen LogP contribution in [0.3, 0.4) is 0 Å². The molecule has 0 spiro atoms. The third kappa shape index (κ3) is 8.15. The van der Waals surface area contributed by atoms with Crippen LogP contribution in [-0.2, 0) is 26.5 Å². The molecule has 42 heavy (non-hydrogen) atoms. The molecular formula is C32H34N2O8. The average Bonchev–Trinajstić information content (AvgIpc) is 3.01. The summed E-state index contributed by atoms with van der Waals surface area (Å²) < 4.78 is 9.21. The van der Waals surface area contributed by atoms with Crippen molar-refractivity contribution in [1.82, 2.24) is 0 Å². The van der Waals surface area contributed by atoms with Crippen LogP contribution < -0.4 is 11.5 Å². The lowest BCUT2D eigenvalue weighted by Crippen LogP contribution is -2.44. The lowest BCUT2D eigenvalue weighted by atomic mass is 9.81. The van der Waals surface area contributed by atoms with Gasteiger partial charge in [-0.1, -0.05) is 97.1 Å². The highest BCUT2D eigenvalue weighted by Gasteiger charge is 2.35. The zero-order valence-electron chi connectivity index (χ0n) is 22.9. The molecule has 3 atom stereocenters. The van der Waals surface area contributed by atoms with Crippen LogP contribution in [0.25, 0.3) is 0 Å². The minimum absolute atomic E-state index is 0.0670. The Labute approximate surface area is 243 Å². The van der Waals surface area contributed by atoms with Crippen molar-refractivity contribution in [3.63, 3.8) is 0 Å². The molecule has 4 rings (SSSR count). The first kappa shape index (κ1) is 31.8. The van der Waals surface area contributed by atoms with Gasteiger partial charge in [0.1, 0.15) is 24.4 Å². The molecule has 0 aliphatic carbocycles. The highest BCUT2D eigenvalue weighted by molar-refractivity contribution is 5.86. The summed E-state index contributed by atoms with van der Waals surface area (Å²) in [6.45, 7) is 1.73. The summed E-state index contributed by atoms with van der Waals surface area (Å²) in [6, 6.07) is 29.3. The predicted octanol–water partition coefficient (Wildman–Crippen LogP) is 3.61. The summed E-state index contributed by atoms with van der Waals surface area (Å²) in [4.78, 5) is 23.3. The van der Waals surface area contributed by atoms with Crippen molar-refractivity contribution < 1.29 is 39.5 Å². The normalized spacial score (nSPS) is 13.1. The van der Waals surface area contributed by atoms with E-state index in [2.05, 4.69) is 4.74 Å². The van der Waals surface area contributed by atoms with Crippen LogP contribution in [-0.4, -0.2) is 44.6 Å². The minimum atomic E-state index is -1.59. The summed E-state index contributed by atoms with van der Waals surface area (Å²) in [5, 5.41) is 39.6. The molecule has 0 saturated heterocycles. The second-order valence-electron chi connectivity index (χ2n) is 9.45. The number of ether oxygens (including phenoxy) is 2. The lowest BCUT2D eigenvalue weighted by Gasteiger charge is -2.33. The Kier molecular flexibility index (Phi) is 11.2. The van der Waals surface area contributed by atoms with Crippen molar-refractivity contribution >= 4 is 12.1 Å². The number of phenolic OH excluding ortho intramolecular Hbond substituents is 2. The zero-order valence-corrected chi connectivity index (χ0v) is 22.9. The molecule has 220 valence electrons. The fraction of sp³-hybridized carbons (Fsp3) is 0.188. The van der Waals surface area contributed by atoms with Crippen molar-refractivity contribution in [2.75, 3.05) is 0 Å². The number of rotatable bonds is 8. The third-order valence-electron chi connectivity index (χ3n) is 6.42. The van der Waals surface area contributed by atoms with E-state index in [9.17, 15) is 30.0 Å². The number of carbonyl (C=O) groups excluding carboxylic acids is 2. The second-order valence-corrected chi connectivity index (χ2v) is 9.45. The average molecular weight is 575 g/mol. The molecule has 0 aromatic heterocycles. The summed E-state index contributed by atoms with van der Waals surface area (Å²) in [7, 11) is 0. The molecular weight excluding hydrogens is 540 g/mol. The van der Waals surface area contributed by atoms with Crippen molar-refractivity contribution in [1.29, 1.82) is 0 Å². The van der Waals surface area contributed by atoms with Gasteiger partial charge in [0.2, 0.25) is 0 Å². The number of aromatic hydroxyl groups is 2. The van der Waals surface area contributed by atoms with Crippen LogP contribution in [0, 0.1) is 0 Å². The molecule has 1 unspecified atom stereocenters. The molecule has 0 fully saturated rings. The SMILES string of the molecule is C[C@H](N)C(O)(c1ccccc1)c1ccccc1.N[C@H](C(=O)OC(=O)OCc1ccccc1)C(O)c1ccc(O)c(O)c1. The van der Waals surface area contributed by atoms with E-state index < -0.39 is 41.4 Å². The van der Waals surface area contributed by atoms with Crippen LogP contribution >= 0.6 is 0 Å². The summed E-state index contributed by atoms with van der Waals surface area (Å²) in [5.41, 5.74) is 12.8. The largest absolute Gasteiger partial charge is 0.516 e. The van der Waals surface area contributed by atoms with E-state index in [0.29, 0.717) is 5.56 Å². The molecule has 0 saturated carbocycles. The van der Waals surface area contributed by atoms with Gasteiger partial charge in [-0.15, -0.1) is 0 Å². The van der Waals surface area contributed by atoms with Crippen molar-refractivity contribution in [2.45, 2.75) is 37.3 Å². The van der Waals surface area contributed by atoms with E-state index in [1.54, 1.807) is 30.3 Å². The fourth-order valence-corrected chi connectivity index (χ4v) is 4.03. The molecule has 10 nitrogen and oxygen atoms in total. The zero-order chi connectivity index (χ0) is 30.7. The highest BCUT2D eigenvalue weighted by Crippen LogP contribution is 2.32. The Bertz CT molecular complexity index is 1390. The maximum Gasteiger partial charge on any atom is 0.516 e. The monoisotopic (exact) mass is 574 g/mol. The van der Waals surface area contributed by atoms with E-state index in [1.807, 2.05) is 67.6 Å². The van der Waals surface area contributed by atoms with Gasteiger partial charge in [0.15, 0.2) is 11.5 Å². The molecule has 0 heterocycles. The van der Waals surface area contributed by atoms with E-state index in [1.165, 1.54) is 6.07 Å². The molecule has 0 aliphatic heterocycles. The number of hydrogen-bond acceptors (Lipinski definition) is 10. The van der Waals surface area contributed by atoms with Crippen LogP contribution in [0.4, 0.5) is 4.79 Å². The van der Waals surface area contributed by atoms with E-state index in [-0.39, 0.29) is 18.2 Å². The highest BCUT2D eigenvalue weighted by atomic mass is 16.7. The Morgan fingerprint density at radius 3 is 1.76 bits per heavy atom. The molecule has 10 heteroatoms. The van der Waals surface area contributed by atoms with Crippen LogP contribution in [0.2, 0.25) is 0 Å². The van der Waals surface area contributed by atoms with Gasteiger partial charge in [-0.2, -0.15) is 0 Å². The number of carbonyl (C=O) groups is 2. The molecule has 0 aliphatic rings. The molecule has 0 amide bonds. The Morgan fingerprint density at radius 2 is 1.29 bits per heavy atom. The van der Waals surface area contributed by atoms with Gasteiger partial charge >= 0.3 is 12.1 Å². The van der Waals surface area contributed by atoms with Crippen LogP contribution in [0.1, 0.15) is 35.3 Å². The Hall–Kier alpha value is -4.74. The van der Waals surface area contributed by atoms with Crippen molar-refractivity contribution in [2.24, 2.45) is 11.5 Å². The molecule has 4 aromatic carbocycles. The minimum Gasteiger partial charge on any atom is -0.504 e. The quantitative estimate of drug-likeness (QED) is 0.103. The van der Waals surface area contributed by atoms with E-state index in [0.717, 1.165) is 23.3 Å². The van der Waals surface area contributed by atoms with Crippen molar-refractivity contribution in [3.05, 3.63) is 131 Å². The lowest BCUT2D eigenvalue weighted by molar-refractivity contribution is -0.144. The number of aliphatic hydroxyl groups excluding tert-OH is 1. The standard InChI is InChI=1S/C17H17NO7.C15H17NO/c18-14(15(21)11-6-7-12(19)13(20)8-11)16(22)25-17(23)24-9-10-4-2-1-3-5-10;1-12(16)15(17,13-8-4-2-5-9-13)14-10-6-3-7-11-14/h1-8,14-15,19-21H,9,18H2;2-12,17H,16H2,1H3/t14-,15?;12-/m00/s1. The predicted molar refractivity (Wildman–Crippen MR) is 155 cm³/mol. The van der Waals surface area contributed by atoms with Gasteiger partial charge in [0.05, 0.1) is 0 Å². The smallest absolute Gasteiger partial charge is 0.504 e. The molecule has 4 aromatic rings. The first-order valence-corrected chi connectivity index (χ1v) is 13.0. The van der Waals surface area contributed by atoms with Gasteiger partial charge in [-0.05, 0) is 41.3 Å². The summed E-state index contributed by atoms with van der Waals surface area (Å²) in [5.74, 6) is -2.07. The summed E-state index contributed by atoms with van der Waals surface area (Å²) in [6.07, 6.45) is -2.80. The number of nitrogens with two attached hydrogens (primary N) is 2. The fourth-order valence-electron chi connectivity index (χ4n) is 4.03. The molecule has 8 N–H and O–H groups in total. The third-order valence-corrected chi connectivity index (χ3v) is 6.42. The van der Waals surface area contributed by atoms with Gasteiger partial charge in [-0.25, -0.2) is 9.59 Å². The van der Waals surface area contributed by atoms with E-state index in [4.69, 9.17) is 16.2 Å². The first-order valence-electron chi connectivity index (χ1n) is 13.0. The molecule has 0 radical (unpaired) electrons. The number of aliphatic hydroxyl groups is 2.